The van der Waals surface area contributed by atoms with Crippen molar-refractivity contribution in [2.45, 2.75) is 26.3 Å². The van der Waals surface area contributed by atoms with E-state index in [2.05, 4.69) is 20.9 Å². The zero-order valence-corrected chi connectivity index (χ0v) is 10.1. The smallest absolute Gasteiger partial charge is 0.226 e. The molecule has 94 valence electrons. The van der Waals surface area contributed by atoms with Gasteiger partial charge in [0.15, 0.2) is 0 Å². The third-order valence-corrected chi connectivity index (χ3v) is 3.35. The summed E-state index contributed by atoms with van der Waals surface area (Å²) in [5.41, 5.74) is -0.215. The fraction of sp³-hybridized carbons (Fsp3) is 0.727. The molecule has 0 radical (unpaired) electrons. The fourth-order valence-corrected chi connectivity index (χ4v) is 2.05. The van der Waals surface area contributed by atoms with Crippen molar-refractivity contribution in [2.75, 3.05) is 19.6 Å². The van der Waals surface area contributed by atoms with E-state index in [9.17, 15) is 4.79 Å². The van der Waals surface area contributed by atoms with Crippen LogP contribution in [0.15, 0.2) is 12.4 Å². The highest BCUT2D eigenvalue weighted by Gasteiger charge is 2.33. The van der Waals surface area contributed by atoms with Gasteiger partial charge in [-0.25, -0.2) is 0 Å². The first-order chi connectivity index (χ1) is 8.21. The van der Waals surface area contributed by atoms with Crippen LogP contribution in [0.2, 0.25) is 0 Å². The van der Waals surface area contributed by atoms with E-state index in [1.165, 1.54) is 0 Å². The maximum absolute atomic E-state index is 12.1. The normalized spacial score (nSPS) is 18.9. The minimum atomic E-state index is -0.215. The van der Waals surface area contributed by atoms with E-state index in [0.29, 0.717) is 13.1 Å². The Morgan fingerprint density at radius 2 is 2.29 bits per heavy atom. The molecule has 1 aliphatic heterocycles. The predicted molar refractivity (Wildman–Crippen MR) is 63.2 cm³/mol. The van der Waals surface area contributed by atoms with Gasteiger partial charge >= 0.3 is 0 Å². The van der Waals surface area contributed by atoms with E-state index in [4.69, 9.17) is 0 Å². The van der Waals surface area contributed by atoms with Gasteiger partial charge < -0.3 is 10.6 Å². The Morgan fingerprint density at radius 3 is 2.94 bits per heavy atom. The van der Waals surface area contributed by atoms with Crippen LogP contribution in [-0.4, -0.2) is 40.5 Å². The molecule has 0 saturated carbocycles. The van der Waals surface area contributed by atoms with E-state index >= 15 is 0 Å². The van der Waals surface area contributed by atoms with Crippen molar-refractivity contribution < 1.29 is 4.79 Å². The molecular formula is C11H19N5O. The molecule has 1 aliphatic rings. The molecule has 1 aromatic rings. The third-order valence-electron chi connectivity index (χ3n) is 3.35. The van der Waals surface area contributed by atoms with Gasteiger partial charge in [0, 0.05) is 18.2 Å². The molecule has 2 rings (SSSR count). The van der Waals surface area contributed by atoms with E-state index in [1.54, 1.807) is 17.1 Å². The zero-order chi connectivity index (χ0) is 12.1. The van der Waals surface area contributed by atoms with Crippen molar-refractivity contribution in [3.63, 3.8) is 0 Å². The number of nitrogens with zero attached hydrogens (tertiary/aromatic N) is 3. The van der Waals surface area contributed by atoms with Gasteiger partial charge in [-0.1, -0.05) is 12.1 Å². The molecule has 0 bridgehead atoms. The highest BCUT2D eigenvalue weighted by Crippen LogP contribution is 2.27. The summed E-state index contributed by atoms with van der Waals surface area (Å²) in [7, 11) is 0. The maximum Gasteiger partial charge on any atom is 0.226 e. The Morgan fingerprint density at radius 1 is 1.53 bits per heavy atom. The summed E-state index contributed by atoms with van der Waals surface area (Å²) in [5, 5.41) is 13.8. The van der Waals surface area contributed by atoms with Gasteiger partial charge in [-0.05, 0) is 25.9 Å². The molecule has 0 aromatic carbocycles. The molecule has 1 saturated heterocycles. The van der Waals surface area contributed by atoms with Gasteiger partial charge in [-0.15, -0.1) is 5.10 Å². The van der Waals surface area contributed by atoms with Gasteiger partial charge in [0.25, 0.3) is 0 Å². The summed E-state index contributed by atoms with van der Waals surface area (Å²) in [6.07, 6.45) is 5.23. The van der Waals surface area contributed by atoms with Crippen LogP contribution in [0.3, 0.4) is 0 Å². The molecule has 6 nitrogen and oxygen atoms in total. The van der Waals surface area contributed by atoms with Crippen molar-refractivity contribution in [1.82, 2.24) is 25.6 Å². The summed E-state index contributed by atoms with van der Waals surface area (Å²) in [6, 6.07) is 0. The highest BCUT2D eigenvalue weighted by atomic mass is 16.2. The van der Waals surface area contributed by atoms with Crippen molar-refractivity contribution in [3.8, 4) is 0 Å². The number of aromatic nitrogens is 3. The van der Waals surface area contributed by atoms with Crippen LogP contribution in [0.4, 0.5) is 0 Å². The van der Waals surface area contributed by atoms with Gasteiger partial charge in [-0.3, -0.25) is 9.48 Å². The van der Waals surface area contributed by atoms with E-state index in [-0.39, 0.29) is 11.3 Å². The number of carbonyl (C=O) groups is 1. The monoisotopic (exact) mass is 237 g/mol. The van der Waals surface area contributed by atoms with Crippen LogP contribution in [-0.2, 0) is 11.3 Å². The van der Waals surface area contributed by atoms with Crippen LogP contribution in [0.5, 0.6) is 0 Å². The number of rotatable bonds is 4. The third kappa shape index (κ3) is 3.03. The Hall–Kier alpha value is -1.43. The number of amides is 1. The lowest BCUT2D eigenvalue weighted by molar-refractivity contribution is -0.131. The van der Waals surface area contributed by atoms with Gasteiger partial charge in [0.2, 0.25) is 5.91 Å². The number of piperidine rings is 1. The van der Waals surface area contributed by atoms with Crippen LogP contribution in [0.1, 0.15) is 19.8 Å². The number of hydrogen-bond donors (Lipinski definition) is 2. The summed E-state index contributed by atoms with van der Waals surface area (Å²) in [4.78, 5) is 12.1. The SMILES string of the molecule is CC1(C(=O)NCCn2ccnn2)CCNCC1. The lowest BCUT2D eigenvalue weighted by Gasteiger charge is -2.32. The molecule has 1 amide bonds. The van der Waals surface area contributed by atoms with Crippen LogP contribution < -0.4 is 10.6 Å². The molecule has 17 heavy (non-hydrogen) atoms. The van der Waals surface area contributed by atoms with Crippen LogP contribution in [0.25, 0.3) is 0 Å². The molecule has 6 heteroatoms. The average molecular weight is 237 g/mol. The van der Waals surface area contributed by atoms with Crippen molar-refractivity contribution in [3.05, 3.63) is 12.4 Å². The Bertz CT molecular complexity index is 356. The van der Waals surface area contributed by atoms with Crippen molar-refractivity contribution >= 4 is 5.91 Å². The number of carbonyl (C=O) groups excluding carboxylic acids is 1. The second kappa shape index (κ2) is 5.27. The van der Waals surface area contributed by atoms with Crippen molar-refractivity contribution in [2.24, 2.45) is 5.41 Å². The molecule has 1 fully saturated rings. The fourth-order valence-electron chi connectivity index (χ4n) is 2.05. The number of nitrogens with one attached hydrogen (secondary N) is 2. The second-order valence-electron chi connectivity index (χ2n) is 4.73. The Labute approximate surface area is 101 Å². The molecule has 0 atom stereocenters. The van der Waals surface area contributed by atoms with Crippen LogP contribution >= 0.6 is 0 Å². The summed E-state index contributed by atoms with van der Waals surface area (Å²) >= 11 is 0. The van der Waals surface area contributed by atoms with Gasteiger partial charge in [0.05, 0.1) is 12.7 Å². The topological polar surface area (TPSA) is 71.8 Å². The minimum absolute atomic E-state index is 0.152. The first kappa shape index (κ1) is 12.0. The van der Waals surface area contributed by atoms with E-state index in [1.807, 2.05) is 6.92 Å². The molecule has 1 aromatic heterocycles. The van der Waals surface area contributed by atoms with Crippen molar-refractivity contribution in [1.29, 1.82) is 0 Å². The maximum atomic E-state index is 12.1. The molecule has 2 N–H and O–H groups in total. The second-order valence-corrected chi connectivity index (χ2v) is 4.73. The Kier molecular flexibility index (Phi) is 3.73. The molecule has 2 heterocycles. The largest absolute Gasteiger partial charge is 0.354 e. The van der Waals surface area contributed by atoms with Gasteiger partial charge in [-0.2, -0.15) is 0 Å². The first-order valence-electron chi connectivity index (χ1n) is 6.04. The Balaban J connectivity index is 1.76. The number of hydrogen-bond acceptors (Lipinski definition) is 4. The summed E-state index contributed by atoms with van der Waals surface area (Å²) in [5.74, 6) is 0.152. The quantitative estimate of drug-likeness (QED) is 0.759. The molecule has 0 aliphatic carbocycles. The lowest BCUT2D eigenvalue weighted by Crippen LogP contribution is -2.46. The highest BCUT2D eigenvalue weighted by molar-refractivity contribution is 5.82. The average Bonchev–Trinajstić information content (AvgIpc) is 2.83. The molecular weight excluding hydrogens is 218 g/mol. The van der Waals surface area contributed by atoms with E-state index < -0.39 is 0 Å². The predicted octanol–water partition coefficient (Wildman–Crippen LogP) is -0.216. The van der Waals surface area contributed by atoms with Gasteiger partial charge in [0.1, 0.15) is 0 Å². The summed E-state index contributed by atoms with van der Waals surface area (Å²) in [6.45, 7) is 5.16. The summed E-state index contributed by atoms with van der Waals surface area (Å²) < 4.78 is 1.71. The van der Waals surface area contributed by atoms with E-state index in [0.717, 1.165) is 25.9 Å². The molecule has 0 spiro atoms. The van der Waals surface area contributed by atoms with Crippen LogP contribution in [0, 0.1) is 5.41 Å². The lowest BCUT2D eigenvalue weighted by atomic mass is 9.80. The minimum Gasteiger partial charge on any atom is -0.354 e. The first-order valence-corrected chi connectivity index (χ1v) is 6.04. The molecule has 0 unspecified atom stereocenters. The standard InChI is InChI=1S/C11H19N5O/c1-11(2-4-12-5-3-11)10(17)13-6-8-16-9-7-14-15-16/h7,9,12H,2-6,8H2,1H3,(H,13,17). The zero-order valence-electron chi connectivity index (χ0n) is 10.1.